The maximum Gasteiger partial charge on any atom is 0.265 e. The van der Waals surface area contributed by atoms with Crippen LogP contribution in [0.4, 0.5) is 5.69 Å². The molecule has 1 atom stereocenters. The lowest BCUT2D eigenvalue weighted by Crippen LogP contribution is -2.32. The second-order valence-electron chi connectivity index (χ2n) is 5.85. The van der Waals surface area contributed by atoms with Crippen LogP contribution >= 0.6 is 0 Å². The first-order valence-corrected chi connectivity index (χ1v) is 8.40. The molecule has 0 fully saturated rings. The van der Waals surface area contributed by atoms with E-state index in [-0.39, 0.29) is 12.0 Å². The van der Waals surface area contributed by atoms with Gasteiger partial charge in [-0.2, -0.15) is 0 Å². The molecule has 1 amide bonds. The van der Waals surface area contributed by atoms with Crippen LogP contribution < -0.4 is 19.5 Å². The zero-order valence-electron chi connectivity index (χ0n) is 15.1. The number of rotatable bonds is 8. The van der Waals surface area contributed by atoms with Crippen LogP contribution in [-0.4, -0.2) is 25.2 Å². The minimum absolute atomic E-state index is 0.110. The Morgan fingerprint density at radius 1 is 1.00 bits per heavy atom. The van der Waals surface area contributed by atoms with Gasteiger partial charge in [0.25, 0.3) is 5.91 Å². The zero-order valence-corrected chi connectivity index (χ0v) is 15.1. The number of methoxy groups -OCH3 is 1. The fraction of sp³-hybridized carbons (Fsp3) is 0.350. The topological polar surface area (TPSA) is 56.8 Å². The van der Waals surface area contributed by atoms with Crippen molar-refractivity contribution in [3.05, 3.63) is 48.5 Å². The lowest BCUT2D eigenvalue weighted by molar-refractivity contribution is -0.122. The highest BCUT2D eigenvalue weighted by molar-refractivity contribution is 5.94. The summed E-state index contributed by atoms with van der Waals surface area (Å²) in [5, 5.41) is 2.87. The molecule has 25 heavy (non-hydrogen) atoms. The van der Waals surface area contributed by atoms with Crippen LogP contribution in [0.25, 0.3) is 0 Å². The first kappa shape index (κ1) is 18.6. The van der Waals surface area contributed by atoms with Crippen molar-refractivity contribution in [3.63, 3.8) is 0 Å². The fourth-order valence-corrected chi connectivity index (χ4v) is 2.30. The summed E-state index contributed by atoms with van der Waals surface area (Å²) in [4.78, 5) is 12.5. The number of benzene rings is 2. The number of hydrogen-bond donors (Lipinski definition) is 1. The molecular weight excluding hydrogens is 318 g/mol. The van der Waals surface area contributed by atoms with Crippen molar-refractivity contribution in [1.29, 1.82) is 0 Å². The van der Waals surface area contributed by atoms with Gasteiger partial charge >= 0.3 is 0 Å². The predicted molar refractivity (Wildman–Crippen MR) is 98.5 cm³/mol. The lowest BCUT2D eigenvalue weighted by Gasteiger charge is -2.19. The summed E-state index contributed by atoms with van der Waals surface area (Å²) in [6, 6.07) is 14.6. The van der Waals surface area contributed by atoms with Gasteiger partial charge in [0.1, 0.15) is 5.75 Å². The van der Waals surface area contributed by atoms with Gasteiger partial charge in [0.05, 0.1) is 13.2 Å². The molecular formula is C20H25NO4. The highest BCUT2D eigenvalue weighted by atomic mass is 16.5. The number of carbonyl (C=O) groups excluding carboxylic acids is 1. The number of anilines is 1. The number of amides is 1. The van der Waals surface area contributed by atoms with E-state index < -0.39 is 6.10 Å². The van der Waals surface area contributed by atoms with E-state index in [0.717, 1.165) is 5.75 Å². The molecule has 134 valence electrons. The van der Waals surface area contributed by atoms with E-state index in [1.54, 1.807) is 19.2 Å². The van der Waals surface area contributed by atoms with Crippen molar-refractivity contribution >= 4 is 11.6 Å². The summed E-state index contributed by atoms with van der Waals surface area (Å²) >= 11 is 0. The molecule has 0 aliphatic rings. The second kappa shape index (κ2) is 8.97. The van der Waals surface area contributed by atoms with E-state index in [1.165, 1.54) is 0 Å². The molecule has 5 nitrogen and oxygen atoms in total. The summed E-state index contributed by atoms with van der Waals surface area (Å²) in [5.74, 6) is 1.72. The highest BCUT2D eigenvalue weighted by Gasteiger charge is 2.20. The second-order valence-corrected chi connectivity index (χ2v) is 5.85. The van der Waals surface area contributed by atoms with Gasteiger partial charge in [-0.3, -0.25) is 4.79 Å². The molecule has 2 aromatic carbocycles. The minimum Gasteiger partial charge on any atom is -0.493 e. The summed E-state index contributed by atoms with van der Waals surface area (Å²) < 4.78 is 16.7. The Bertz CT molecular complexity index is 682. The molecule has 0 saturated carbocycles. The van der Waals surface area contributed by atoms with Crippen molar-refractivity contribution in [1.82, 2.24) is 0 Å². The molecule has 0 heterocycles. The molecule has 0 aliphatic carbocycles. The SMILES string of the molecule is CC[C@@H](Oc1ccccc1OC)C(=O)Nc1ccc(OC(C)C)cc1. The van der Waals surface area contributed by atoms with Crippen LogP contribution in [0.1, 0.15) is 27.2 Å². The first-order valence-electron chi connectivity index (χ1n) is 8.40. The first-order chi connectivity index (χ1) is 12.0. The van der Waals surface area contributed by atoms with Gasteiger partial charge in [-0.1, -0.05) is 19.1 Å². The largest absolute Gasteiger partial charge is 0.493 e. The maximum absolute atomic E-state index is 12.5. The molecule has 0 spiro atoms. The van der Waals surface area contributed by atoms with Crippen LogP contribution in [0.3, 0.4) is 0 Å². The van der Waals surface area contributed by atoms with E-state index in [1.807, 2.05) is 57.2 Å². The summed E-state index contributed by atoms with van der Waals surface area (Å²) in [7, 11) is 1.57. The average molecular weight is 343 g/mol. The Morgan fingerprint density at radius 3 is 2.20 bits per heavy atom. The van der Waals surface area contributed by atoms with Gasteiger partial charge in [0.2, 0.25) is 0 Å². The Balaban J connectivity index is 2.02. The quantitative estimate of drug-likeness (QED) is 0.777. The zero-order chi connectivity index (χ0) is 18.2. The fourth-order valence-electron chi connectivity index (χ4n) is 2.30. The minimum atomic E-state index is -0.608. The Morgan fingerprint density at radius 2 is 1.64 bits per heavy atom. The van der Waals surface area contributed by atoms with Gasteiger partial charge in [0, 0.05) is 5.69 Å². The monoisotopic (exact) mass is 343 g/mol. The molecule has 0 radical (unpaired) electrons. The molecule has 0 bridgehead atoms. The smallest absolute Gasteiger partial charge is 0.265 e. The molecule has 0 aromatic heterocycles. The van der Waals surface area contributed by atoms with E-state index in [0.29, 0.717) is 23.6 Å². The normalized spacial score (nSPS) is 11.7. The van der Waals surface area contributed by atoms with Crippen LogP contribution in [0.2, 0.25) is 0 Å². The summed E-state index contributed by atoms with van der Waals surface area (Å²) in [5.41, 5.74) is 0.697. The Hall–Kier alpha value is -2.69. The number of carbonyl (C=O) groups is 1. The van der Waals surface area contributed by atoms with Crippen LogP contribution in [-0.2, 0) is 4.79 Å². The van der Waals surface area contributed by atoms with E-state index in [9.17, 15) is 4.79 Å². The molecule has 2 rings (SSSR count). The number of ether oxygens (including phenoxy) is 3. The molecule has 2 aromatic rings. The van der Waals surface area contributed by atoms with Crippen molar-refractivity contribution < 1.29 is 19.0 Å². The lowest BCUT2D eigenvalue weighted by atomic mass is 10.2. The molecule has 0 unspecified atom stereocenters. The third kappa shape index (κ3) is 5.41. The Kier molecular flexibility index (Phi) is 6.69. The van der Waals surface area contributed by atoms with Crippen molar-refractivity contribution in [2.45, 2.75) is 39.4 Å². The molecule has 1 N–H and O–H groups in total. The number of para-hydroxylation sites is 2. The number of hydrogen-bond acceptors (Lipinski definition) is 4. The third-order valence-corrected chi connectivity index (χ3v) is 3.50. The predicted octanol–water partition coefficient (Wildman–Crippen LogP) is 4.28. The van der Waals surface area contributed by atoms with Crippen LogP contribution in [0.5, 0.6) is 17.2 Å². The molecule has 0 aliphatic heterocycles. The van der Waals surface area contributed by atoms with Crippen LogP contribution in [0.15, 0.2) is 48.5 Å². The average Bonchev–Trinajstić information content (AvgIpc) is 2.61. The standard InChI is InChI=1S/C20H25NO4/c1-5-17(25-19-9-7-6-8-18(19)23-4)20(22)21-15-10-12-16(13-11-15)24-14(2)3/h6-14,17H,5H2,1-4H3,(H,21,22)/t17-/m1/s1. The van der Waals surface area contributed by atoms with E-state index >= 15 is 0 Å². The van der Waals surface area contributed by atoms with Gasteiger partial charge in [0.15, 0.2) is 17.6 Å². The van der Waals surface area contributed by atoms with Gasteiger partial charge in [-0.05, 0) is 56.7 Å². The molecule has 5 heteroatoms. The van der Waals surface area contributed by atoms with Gasteiger partial charge < -0.3 is 19.5 Å². The van der Waals surface area contributed by atoms with E-state index in [2.05, 4.69) is 5.32 Å². The van der Waals surface area contributed by atoms with Crippen molar-refractivity contribution in [3.8, 4) is 17.2 Å². The van der Waals surface area contributed by atoms with Crippen LogP contribution in [0, 0.1) is 0 Å². The van der Waals surface area contributed by atoms with Crippen molar-refractivity contribution in [2.24, 2.45) is 0 Å². The number of nitrogens with one attached hydrogen (secondary N) is 1. The maximum atomic E-state index is 12.5. The van der Waals surface area contributed by atoms with Gasteiger partial charge in [-0.15, -0.1) is 0 Å². The third-order valence-electron chi connectivity index (χ3n) is 3.50. The molecule has 0 saturated heterocycles. The van der Waals surface area contributed by atoms with Gasteiger partial charge in [-0.25, -0.2) is 0 Å². The summed E-state index contributed by atoms with van der Waals surface area (Å²) in [6.45, 7) is 5.84. The van der Waals surface area contributed by atoms with Crippen molar-refractivity contribution in [2.75, 3.05) is 12.4 Å². The highest BCUT2D eigenvalue weighted by Crippen LogP contribution is 2.27. The summed E-state index contributed by atoms with van der Waals surface area (Å²) in [6.07, 6.45) is 0.0420. The van der Waals surface area contributed by atoms with E-state index in [4.69, 9.17) is 14.2 Å². The Labute approximate surface area is 148 Å².